The highest BCUT2D eigenvalue weighted by Gasteiger charge is 2.44. The molecule has 1 aliphatic rings. The third-order valence-electron chi connectivity index (χ3n) is 9.42. The number of aliphatic hydroxyl groups is 5. The summed E-state index contributed by atoms with van der Waals surface area (Å²) in [5, 5.41) is 71.8. The molecule has 1 heterocycles. The minimum atomic E-state index is -1.79. The number of carbonyl (C=O) groups is 6. The van der Waals surface area contributed by atoms with E-state index < -0.39 is 122 Å². The zero-order valence-electron chi connectivity index (χ0n) is 33.5. The second kappa shape index (κ2) is 23.5. The fraction of sp³-hybridized carbons (Fsp3) is 0.538. The SMILES string of the molecule is CC(C)C[C@H](NC(=O)[C@H](Cc1ccccc1)NC(=O)CNC(=O)[C@@H](NC(=O)[C@@H](N)Cc1ccc(O)cc1)[C@@H](C)O)C(=O)N[C@@H](CO[C@@H]1O[C@H](CO)[C@@H](O)[C@H](O)[C@H]1O)C(N)=O. The lowest BCUT2D eigenvalue weighted by atomic mass is 9.99. The van der Waals surface area contributed by atoms with Crippen LogP contribution in [0.2, 0.25) is 0 Å². The summed E-state index contributed by atoms with van der Waals surface area (Å²) in [5.41, 5.74) is 12.8. The number of benzene rings is 2. The third kappa shape index (κ3) is 15.1. The summed E-state index contributed by atoms with van der Waals surface area (Å²) in [6.07, 6.45) is -9.53. The van der Waals surface area contributed by atoms with Crippen LogP contribution in [-0.2, 0) is 51.1 Å². The number of primary amides is 1. The quantitative estimate of drug-likeness (QED) is 0.0530. The number of aromatic hydroxyl groups is 1. The van der Waals surface area contributed by atoms with Crippen molar-refractivity contribution in [2.45, 2.75) is 107 Å². The normalized spacial score (nSPS) is 21.9. The number of nitrogens with two attached hydrogens (primary N) is 2. The first-order valence-electron chi connectivity index (χ1n) is 19.3. The van der Waals surface area contributed by atoms with Gasteiger partial charge in [0.25, 0.3) is 0 Å². The monoisotopic (exact) mass is 847 g/mol. The Bertz CT molecular complexity index is 1730. The second-order valence-corrected chi connectivity index (χ2v) is 14.9. The largest absolute Gasteiger partial charge is 0.508 e. The van der Waals surface area contributed by atoms with Crippen molar-refractivity contribution >= 4 is 35.4 Å². The molecule has 60 heavy (non-hydrogen) atoms. The Balaban J connectivity index is 1.68. The van der Waals surface area contributed by atoms with Gasteiger partial charge < -0.3 is 78.2 Å². The van der Waals surface area contributed by atoms with Crippen LogP contribution in [0.15, 0.2) is 54.6 Å². The minimum absolute atomic E-state index is 0.0232. The van der Waals surface area contributed by atoms with Gasteiger partial charge in [-0.25, -0.2) is 0 Å². The predicted octanol–water partition coefficient (Wildman–Crippen LogP) is -4.71. The van der Waals surface area contributed by atoms with Crippen molar-refractivity contribution in [2.24, 2.45) is 17.4 Å². The Morgan fingerprint density at radius 2 is 1.35 bits per heavy atom. The topological polar surface area (TPSA) is 354 Å². The standard InChI is InChI=1S/C39H57N7O14/c1-19(2)13-25(36(56)45-27(34(41)54)18-59-39-33(53)32(52)31(51)28(17-47)60-39)44-37(57)26(15-21-7-5-4-6-8-21)43-29(50)16-42-38(58)30(20(3)48)46-35(55)24(40)14-22-9-11-23(49)12-10-22/h4-12,19-20,24-28,30-33,39,47-49,51-53H,13-18,40H2,1-3H3,(H2,41,54)(H,42,58)(H,43,50)(H,44,57)(H,45,56)(H,46,55)/t20-,24+,25+,26+,27+,28-,30+,31-,32+,33-,39-/m1/s1. The highest BCUT2D eigenvalue weighted by Crippen LogP contribution is 2.22. The summed E-state index contributed by atoms with van der Waals surface area (Å²) in [4.78, 5) is 78.9. The molecule has 21 heteroatoms. The molecule has 21 nitrogen and oxygen atoms in total. The number of phenols is 1. The molecule has 11 atom stereocenters. The van der Waals surface area contributed by atoms with Crippen LogP contribution in [0, 0.1) is 5.92 Å². The maximum atomic E-state index is 13.8. The van der Waals surface area contributed by atoms with E-state index in [0.29, 0.717) is 11.1 Å². The van der Waals surface area contributed by atoms with Gasteiger partial charge >= 0.3 is 0 Å². The summed E-state index contributed by atoms with van der Waals surface area (Å²) >= 11 is 0. The summed E-state index contributed by atoms with van der Waals surface area (Å²) < 4.78 is 10.7. The number of ether oxygens (including phenoxy) is 2. The maximum Gasteiger partial charge on any atom is 0.245 e. The van der Waals surface area contributed by atoms with Crippen LogP contribution in [0.4, 0.5) is 0 Å². The molecule has 15 N–H and O–H groups in total. The molecule has 0 unspecified atom stereocenters. The van der Waals surface area contributed by atoms with Crippen molar-refractivity contribution in [2.75, 3.05) is 19.8 Å². The van der Waals surface area contributed by atoms with Gasteiger partial charge in [-0.05, 0) is 48.9 Å². The summed E-state index contributed by atoms with van der Waals surface area (Å²) in [7, 11) is 0. The van der Waals surface area contributed by atoms with Crippen LogP contribution in [0.5, 0.6) is 5.75 Å². The van der Waals surface area contributed by atoms with Gasteiger partial charge in [-0.2, -0.15) is 0 Å². The molecular formula is C39H57N7O14. The lowest BCUT2D eigenvalue weighted by Crippen LogP contribution is -2.61. The lowest BCUT2D eigenvalue weighted by molar-refractivity contribution is -0.301. The molecule has 1 fully saturated rings. The Hall–Kier alpha value is -5.26. The maximum absolute atomic E-state index is 13.8. The van der Waals surface area contributed by atoms with E-state index >= 15 is 0 Å². The van der Waals surface area contributed by atoms with E-state index in [9.17, 15) is 59.4 Å². The van der Waals surface area contributed by atoms with Crippen LogP contribution < -0.4 is 38.1 Å². The van der Waals surface area contributed by atoms with E-state index in [-0.39, 0.29) is 30.9 Å². The van der Waals surface area contributed by atoms with E-state index in [0.717, 1.165) is 0 Å². The molecule has 1 saturated heterocycles. The van der Waals surface area contributed by atoms with Gasteiger partial charge in [0.1, 0.15) is 54.3 Å². The van der Waals surface area contributed by atoms with E-state index in [1.807, 2.05) is 0 Å². The number of hydrogen-bond acceptors (Lipinski definition) is 15. The van der Waals surface area contributed by atoms with Gasteiger partial charge in [0, 0.05) is 6.42 Å². The van der Waals surface area contributed by atoms with Crippen LogP contribution in [0.1, 0.15) is 38.3 Å². The van der Waals surface area contributed by atoms with Crippen LogP contribution in [0.3, 0.4) is 0 Å². The van der Waals surface area contributed by atoms with Gasteiger partial charge in [-0.15, -0.1) is 0 Å². The van der Waals surface area contributed by atoms with Crippen molar-refractivity contribution in [3.05, 3.63) is 65.7 Å². The van der Waals surface area contributed by atoms with Gasteiger partial charge in [-0.1, -0.05) is 56.3 Å². The molecule has 2 aromatic carbocycles. The van der Waals surface area contributed by atoms with E-state index in [4.69, 9.17) is 20.9 Å². The van der Waals surface area contributed by atoms with Gasteiger partial charge in [0.05, 0.1) is 31.9 Å². The van der Waals surface area contributed by atoms with Gasteiger partial charge in [0.2, 0.25) is 35.4 Å². The zero-order valence-corrected chi connectivity index (χ0v) is 33.5. The summed E-state index contributed by atoms with van der Waals surface area (Å²) in [5.74, 6) is -5.47. The first-order valence-corrected chi connectivity index (χ1v) is 19.3. The Morgan fingerprint density at radius 3 is 1.93 bits per heavy atom. The fourth-order valence-corrected chi connectivity index (χ4v) is 6.06. The molecule has 2 aromatic rings. The number of phenolic OH excluding ortho intramolecular Hbond substituents is 1. The highest BCUT2D eigenvalue weighted by molar-refractivity contribution is 5.95. The first-order chi connectivity index (χ1) is 28.3. The molecule has 0 spiro atoms. The van der Waals surface area contributed by atoms with Crippen LogP contribution in [0.25, 0.3) is 0 Å². The van der Waals surface area contributed by atoms with Crippen molar-refractivity contribution in [1.29, 1.82) is 0 Å². The average molecular weight is 848 g/mol. The minimum Gasteiger partial charge on any atom is -0.508 e. The Morgan fingerprint density at radius 1 is 0.750 bits per heavy atom. The van der Waals surface area contributed by atoms with Crippen molar-refractivity contribution < 1.29 is 68.9 Å². The molecule has 1 aliphatic heterocycles. The van der Waals surface area contributed by atoms with E-state index in [2.05, 4.69) is 26.6 Å². The molecule has 0 aliphatic carbocycles. The third-order valence-corrected chi connectivity index (χ3v) is 9.42. The summed E-state index contributed by atoms with van der Waals surface area (Å²) in [6, 6.07) is 7.73. The predicted molar refractivity (Wildman–Crippen MR) is 211 cm³/mol. The number of nitrogens with one attached hydrogen (secondary N) is 5. The number of hydrogen-bond donors (Lipinski definition) is 13. The van der Waals surface area contributed by atoms with Crippen molar-refractivity contribution in [1.82, 2.24) is 26.6 Å². The second-order valence-electron chi connectivity index (χ2n) is 14.9. The molecular weight excluding hydrogens is 790 g/mol. The smallest absolute Gasteiger partial charge is 0.245 e. The molecule has 332 valence electrons. The number of amides is 6. The molecule has 0 radical (unpaired) electrons. The molecule has 6 amide bonds. The number of rotatable bonds is 22. The Kier molecular flexibility index (Phi) is 19.2. The average Bonchev–Trinajstić information content (AvgIpc) is 3.20. The number of carbonyl (C=O) groups excluding carboxylic acids is 6. The van der Waals surface area contributed by atoms with Crippen LogP contribution in [-0.4, -0.2) is 153 Å². The molecule has 0 bridgehead atoms. The molecule has 3 rings (SSSR count). The van der Waals surface area contributed by atoms with E-state index in [1.165, 1.54) is 19.1 Å². The van der Waals surface area contributed by atoms with Crippen molar-refractivity contribution in [3.8, 4) is 5.75 Å². The van der Waals surface area contributed by atoms with Crippen LogP contribution >= 0.6 is 0 Å². The lowest BCUT2D eigenvalue weighted by Gasteiger charge is -2.39. The number of aliphatic hydroxyl groups excluding tert-OH is 5. The zero-order chi connectivity index (χ0) is 44.7. The fourth-order valence-electron chi connectivity index (χ4n) is 6.06. The van der Waals surface area contributed by atoms with Gasteiger partial charge in [-0.3, -0.25) is 28.8 Å². The molecule has 0 saturated carbocycles. The van der Waals surface area contributed by atoms with Crippen molar-refractivity contribution in [3.63, 3.8) is 0 Å². The molecule has 0 aromatic heterocycles. The van der Waals surface area contributed by atoms with Gasteiger partial charge in [0.15, 0.2) is 6.29 Å². The summed E-state index contributed by atoms with van der Waals surface area (Å²) in [6.45, 7) is 2.66. The Labute approximate surface area is 346 Å². The highest BCUT2D eigenvalue weighted by atomic mass is 16.7. The first kappa shape index (κ1) is 49.1. The van der Waals surface area contributed by atoms with E-state index in [1.54, 1.807) is 56.3 Å².